The highest BCUT2D eigenvalue weighted by Gasteiger charge is 2.20. The van der Waals surface area contributed by atoms with Crippen molar-refractivity contribution in [2.24, 2.45) is 0 Å². The van der Waals surface area contributed by atoms with E-state index in [4.69, 9.17) is 4.74 Å². The second kappa shape index (κ2) is 5.84. The smallest absolute Gasteiger partial charge is 0.179 e. The maximum Gasteiger partial charge on any atom is 0.179 e. The summed E-state index contributed by atoms with van der Waals surface area (Å²) in [7, 11) is -1.96. The Kier molecular flexibility index (Phi) is 4.92. The first kappa shape index (κ1) is 15.2. The van der Waals surface area contributed by atoms with Crippen LogP contribution in [0.3, 0.4) is 0 Å². The van der Waals surface area contributed by atoms with Crippen molar-refractivity contribution < 1.29 is 17.9 Å². The van der Waals surface area contributed by atoms with Crippen LogP contribution in [-0.4, -0.2) is 28.1 Å². The van der Waals surface area contributed by atoms with Gasteiger partial charge in [0.15, 0.2) is 15.6 Å². The largest absolute Gasteiger partial charge is 0.494 e. The SMILES string of the molecule is COc1c(Br)cc(C(C)CC=O)cc1S(C)(=O)=O. The molecule has 4 nitrogen and oxygen atoms in total. The molecule has 0 fully saturated rings. The van der Waals surface area contributed by atoms with Gasteiger partial charge in [0.25, 0.3) is 0 Å². The molecule has 1 rings (SSSR count). The monoisotopic (exact) mass is 334 g/mol. The Morgan fingerprint density at radius 1 is 1.44 bits per heavy atom. The van der Waals surface area contributed by atoms with Gasteiger partial charge in [0.1, 0.15) is 11.2 Å². The van der Waals surface area contributed by atoms with E-state index in [1.54, 1.807) is 12.1 Å². The summed E-state index contributed by atoms with van der Waals surface area (Å²) >= 11 is 3.29. The Bertz CT molecular complexity index is 551. The minimum atomic E-state index is -3.38. The third kappa shape index (κ3) is 3.32. The number of ether oxygens (including phenoxy) is 1. The fraction of sp³-hybridized carbons (Fsp3) is 0.417. The van der Waals surface area contributed by atoms with Gasteiger partial charge in [0.2, 0.25) is 0 Å². The number of hydrogen-bond acceptors (Lipinski definition) is 4. The maximum absolute atomic E-state index is 11.7. The summed E-state index contributed by atoms with van der Waals surface area (Å²) in [5.74, 6) is 0.254. The van der Waals surface area contributed by atoms with Crippen LogP contribution in [0.5, 0.6) is 5.75 Å². The van der Waals surface area contributed by atoms with Crippen molar-refractivity contribution in [3.05, 3.63) is 22.2 Å². The van der Waals surface area contributed by atoms with Gasteiger partial charge in [-0.05, 0) is 39.5 Å². The number of sulfone groups is 1. The quantitative estimate of drug-likeness (QED) is 0.776. The van der Waals surface area contributed by atoms with Crippen LogP contribution in [-0.2, 0) is 14.6 Å². The molecule has 0 aliphatic rings. The number of carbonyl (C=O) groups excluding carboxylic acids is 1. The lowest BCUT2D eigenvalue weighted by atomic mass is 9.98. The highest BCUT2D eigenvalue weighted by molar-refractivity contribution is 9.10. The molecule has 0 aliphatic carbocycles. The lowest BCUT2D eigenvalue weighted by molar-refractivity contribution is -0.108. The van der Waals surface area contributed by atoms with Crippen LogP contribution in [0.1, 0.15) is 24.8 Å². The van der Waals surface area contributed by atoms with E-state index >= 15 is 0 Å². The molecule has 0 spiro atoms. The van der Waals surface area contributed by atoms with Gasteiger partial charge in [-0.1, -0.05) is 6.92 Å². The van der Waals surface area contributed by atoms with Crippen molar-refractivity contribution in [2.45, 2.75) is 24.2 Å². The number of carbonyl (C=O) groups is 1. The number of halogens is 1. The predicted molar refractivity (Wildman–Crippen MR) is 72.9 cm³/mol. The molecule has 6 heteroatoms. The number of rotatable bonds is 5. The summed E-state index contributed by atoms with van der Waals surface area (Å²) in [6, 6.07) is 3.34. The molecular formula is C12H15BrO4S. The molecule has 1 unspecified atom stereocenters. The number of methoxy groups -OCH3 is 1. The van der Waals surface area contributed by atoms with Gasteiger partial charge in [-0.15, -0.1) is 0 Å². The Morgan fingerprint density at radius 2 is 2.06 bits per heavy atom. The summed E-state index contributed by atoms with van der Waals surface area (Å²) in [6.45, 7) is 1.87. The Morgan fingerprint density at radius 3 is 2.50 bits per heavy atom. The molecule has 0 heterocycles. The van der Waals surface area contributed by atoms with Gasteiger partial charge in [-0.3, -0.25) is 0 Å². The van der Waals surface area contributed by atoms with E-state index in [1.807, 2.05) is 6.92 Å². The van der Waals surface area contributed by atoms with E-state index in [0.717, 1.165) is 18.1 Å². The molecule has 0 aromatic heterocycles. The summed E-state index contributed by atoms with van der Waals surface area (Å²) in [5, 5.41) is 0. The minimum Gasteiger partial charge on any atom is -0.494 e. The summed E-state index contributed by atoms with van der Waals surface area (Å²) in [5.41, 5.74) is 0.787. The molecular weight excluding hydrogens is 320 g/mol. The van der Waals surface area contributed by atoms with Crippen molar-refractivity contribution in [3.63, 3.8) is 0 Å². The zero-order chi connectivity index (χ0) is 13.9. The topological polar surface area (TPSA) is 60.4 Å². The Hall–Kier alpha value is -0.880. The second-order valence-corrected chi connectivity index (χ2v) is 6.95. The predicted octanol–water partition coefficient (Wildman–Crippen LogP) is 2.55. The van der Waals surface area contributed by atoms with Crippen molar-refractivity contribution in [2.75, 3.05) is 13.4 Å². The zero-order valence-electron chi connectivity index (χ0n) is 10.4. The fourth-order valence-corrected chi connectivity index (χ4v) is 3.28. The van der Waals surface area contributed by atoms with E-state index in [0.29, 0.717) is 16.6 Å². The van der Waals surface area contributed by atoms with Crippen LogP contribution in [0, 0.1) is 0 Å². The zero-order valence-corrected chi connectivity index (χ0v) is 12.8. The molecule has 1 atom stereocenters. The summed E-state index contributed by atoms with van der Waals surface area (Å²) in [4.78, 5) is 10.7. The highest BCUT2D eigenvalue weighted by atomic mass is 79.9. The van der Waals surface area contributed by atoms with Crippen LogP contribution >= 0.6 is 15.9 Å². The molecule has 0 amide bonds. The number of hydrogen-bond donors (Lipinski definition) is 0. The van der Waals surface area contributed by atoms with Gasteiger partial charge in [-0.25, -0.2) is 8.42 Å². The first-order chi connectivity index (χ1) is 8.31. The van der Waals surface area contributed by atoms with Crippen LogP contribution in [0.25, 0.3) is 0 Å². The average Bonchev–Trinajstić information content (AvgIpc) is 2.27. The molecule has 100 valence electrons. The molecule has 18 heavy (non-hydrogen) atoms. The van der Waals surface area contributed by atoms with E-state index in [1.165, 1.54) is 7.11 Å². The lowest BCUT2D eigenvalue weighted by Gasteiger charge is -2.14. The first-order valence-electron chi connectivity index (χ1n) is 5.32. The van der Waals surface area contributed by atoms with Gasteiger partial charge < -0.3 is 9.53 Å². The van der Waals surface area contributed by atoms with Crippen LogP contribution in [0.4, 0.5) is 0 Å². The van der Waals surface area contributed by atoms with Gasteiger partial charge >= 0.3 is 0 Å². The van der Waals surface area contributed by atoms with Crippen molar-refractivity contribution >= 4 is 32.1 Å². The maximum atomic E-state index is 11.7. The molecule has 0 saturated carbocycles. The molecule has 0 bridgehead atoms. The van der Waals surface area contributed by atoms with Gasteiger partial charge in [0.05, 0.1) is 11.6 Å². The van der Waals surface area contributed by atoms with Gasteiger partial charge in [-0.2, -0.15) is 0 Å². The van der Waals surface area contributed by atoms with Crippen molar-refractivity contribution in [1.82, 2.24) is 0 Å². The van der Waals surface area contributed by atoms with Crippen molar-refractivity contribution in [1.29, 1.82) is 0 Å². The van der Waals surface area contributed by atoms with E-state index in [2.05, 4.69) is 15.9 Å². The van der Waals surface area contributed by atoms with Gasteiger partial charge in [0, 0.05) is 12.7 Å². The van der Waals surface area contributed by atoms with Crippen LogP contribution in [0.15, 0.2) is 21.5 Å². The first-order valence-corrected chi connectivity index (χ1v) is 8.00. The highest BCUT2D eigenvalue weighted by Crippen LogP contribution is 2.36. The molecule has 0 radical (unpaired) electrons. The van der Waals surface area contributed by atoms with Crippen molar-refractivity contribution in [3.8, 4) is 5.75 Å². The summed E-state index contributed by atoms with van der Waals surface area (Å²) in [6.07, 6.45) is 2.30. The summed E-state index contributed by atoms with van der Waals surface area (Å²) < 4.78 is 29.1. The Balaban J connectivity index is 3.44. The standard InChI is InChI=1S/C12H15BrO4S/c1-8(4-5-14)9-6-10(13)12(17-2)11(7-9)18(3,15)16/h5-8H,4H2,1-3H3. The molecule has 0 aliphatic heterocycles. The lowest BCUT2D eigenvalue weighted by Crippen LogP contribution is -2.04. The van der Waals surface area contributed by atoms with E-state index in [-0.39, 0.29) is 10.8 Å². The second-order valence-electron chi connectivity index (χ2n) is 4.11. The number of benzene rings is 1. The molecule has 1 aromatic carbocycles. The fourth-order valence-electron chi connectivity index (χ4n) is 1.63. The Labute approximate surface area is 115 Å². The van der Waals surface area contributed by atoms with Crippen LogP contribution < -0.4 is 4.74 Å². The minimum absolute atomic E-state index is 0.0368. The van der Waals surface area contributed by atoms with E-state index in [9.17, 15) is 13.2 Å². The third-order valence-electron chi connectivity index (χ3n) is 2.65. The van der Waals surface area contributed by atoms with E-state index < -0.39 is 9.84 Å². The molecule has 0 saturated heterocycles. The number of aldehydes is 1. The van der Waals surface area contributed by atoms with Crippen LogP contribution in [0.2, 0.25) is 0 Å². The average molecular weight is 335 g/mol. The normalized spacial score (nSPS) is 13.1. The molecule has 0 N–H and O–H groups in total. The molecule has 1 aromatic rings. The third-order valence-corrected chi connectivity index (χ3v) is 4.35.